The predicted molar refractivity (Wildman–Crippen MR) is 70.6 cm³/mol. The van der Waals surface area contributed by atoms with Gasteiger partial charge in [0.05, 0.1) is 11.4 Å². The molecule has 0 aromatic heterocycles. The Labute approximate surface area is 101 Å². The van der Waals surface area contributed by atoms with Crippen molar-refractivity contribution in [2.75, 3.05) is 24.3 Å². The molecule has 0 saturated heterocycles. The average molecular weight is 226 g/mol. The number of benzene rings is 2. The van der Waals surface area contributed by atoms with Crippen LogP contribution in [0.5, 0.6) is 11.5 Å². The number of hydrogen-bond donors (Lipinski definition) is 1. The van der Waals surface area contributed by atoms with Crippen molar-refractivity contribution < 1.29 is 4.74 Å². The van der Waals surface area contributed by atoms with E-state index in [4.69, 9.17) is 4.74 Å². The predicted octanol–water partition coefficient (Wildman–Crippen LogP) is 3.60. The van der Waals surface area contributed by atoms with E-state index in [1.54, 1.807) is 0 Å². The van der Waals surface area contributed by atoms with Crippen LogP contribution < -0.4 is 15.0 Å². The summed E-state index contributed by atoms with van der Waals surface area (Å²) in [5.41, 5.74) is 3.16. The molecule has 1 aliphatic heterocycles. The van der Waals surface area contributed by atoms with Crippen LogP contribution in [-0.4, -0.2) is 14.1 Å². The van der Waals surface area contributed by atoms with E-state index in [9.17, 15) is 0 Å². The van der Waals surface area contributed by atoms with Crippen LogP contribution in [0.1, 0.15) is 0 Å². The summed E-state index contributed by atoms with van der Waals surface area (Å²) < 4.78 is 5.88. The molecule has 0 unspecified atom stereocenters. The van der Waals surface area contributed by atoms with E-state index >= 15 is 0 Å². The van der Waals surface area contributed by atoms with Crippen molar-refractivity contribution in [3.05, 3.63) is 42.5 Å². The van der Waals surface area contributed by atoms with E-state index in [0.29, 0.717) is 0 Å². The molecule has 2 aromatic carbocycles. The highest BCUT2D eigenvalue weighted by Crippen LogP contribution is 2.45. The first kappa shape index (κ1) is 10.0. The van der Waals surface area contributed by atoms with Crippen LogP contribution in [0.15, 0.2) is 42.5 Å². The van der Waals surface area contributed by atoms with Crippen molar-refractivity contribution >= 4 is 17.1 Å². The normalized spacial score (nSPS) is 11.9. The summed E-state index contributed by atoms with van der Waals surface area (Å²) in [5, 5.41) is 3.42. The van der Waals surface area contributed by atoms with Crippen LogP contribution in [0.2, 0.25) is 0 Å². The van der Waals surface area contributed by atoms with Gasteiger partial charge in [-0.25, -0.2) is 0 Å². The molecule has 0 radical (unpaired) electrons. The summed E-state index contributed by atoms with van der Waals surface area (Å²) in [5.74, 6) is 1.74. The van der Waals surface area contributed by atoms with E-state index in [1.165, 1.54) is 0 Å². The second kappa shape index (κ2) is 3.70. The van der Waals surface area contributed by atoms with Crippen molar-refractivity contribution in [3.63, 3.8) is 0 Å². The molecule has 86 valence electrons. The minimum Gasteiger partial charge on any atom is -0.453 e. The highest BCUT2D eigenvalue weighted by Gasteiger charge is 2.19. The van der Waals surface area contributed by atoms with Crippen molar-refractivity contribution in [1.82, 2.24) is 0 Å². The van der Waals surface area contributed by atoms with Crippen molar-refractivity contribution in [1.29, 1.82) is 0 Å². The number of anilines is 3. The second-order valence-corrected chi connectivity index (χ2v) is 4.27. The fraction of sp³-hybridized carbons (Fsp3) is 0.143. The minimum atomic E-state index is 0.870. The molecule has 0 bridgehead atoms. The highest BCUT2D eigenvalue weighted by atomic mass is 16.5. The Morgan fingerprint density at radius 3 is 2.53 bits per heavy atom. The summed E-state index contributed by atoms with van der Waals surface area (Å²) in [6.45, 7) is 0. The topological polar surface area (TPSA) is 24.5 Å². The van der Waals surface area contributed by atoms with Gasteiger partial charge in [-0.1, -0.05) is 18.2 Å². The molecular formula is C14H14N2O. The molecule has 0 saturated carbocycles. The zero-order valence-electron chi connectivity index (χ0n) is 9.90. The lowest BCUT2D eigenvalue weighted by molar-refractivity contribution is 0.481. The molecule has 3 nitrogen and oxygen atoms in total. The van der Waals surface area contributed by atoms with Crippen molar-refractivity contribution in [3.8, 4) is 11.5 Å². The van der Waals surface area contributed by atoms with E-state index in [0.717, 1.165) is 28.6 Å². The van der Waals surface area contributed by atoms with Crippen molar-refractivity contribution in [2.45, 2.75) is 0 Å². The molecule has 17 heavy (non-hydrogen) atoms. The fourth-order valence-corrected chi connectivity index (χ4v) is 2.01. The van der Waals surface area contributed by atoms with Gasteiger partial charge in [0.2, 0.25) is 0 Å². The summed E-state index contributed by atoms with van der Waals surface area (Å²) in [6.07, 6.45) is 0. The lowest BCUT2D eigenvalue weighted by Gasteiger charge is -2.26. The van der Waals surface area contributed by atoms with Crippen LogP contribution in [-0.2, 0) is 0 Å². The average Bonchev–Trinajstić information content (AvgIpc) is 2.35. The maximum atomic E-state index is 5.88. The molecule has 0 atom stereocenters. The molecule has 0 aliphatic carbocycles. The maximum Gasteiger partial charge on any atom is 0.153 e. The summed E-state index contributed by atoms with van der Waals surface area (Å²) in [6, 6.07) is 14.0. The van der Waals surface area contributed by atoms with Gasteiger partial charge in [0, 0.05) is 14.1 Å². The maximum absolute atomic E-state index is 5.88. The number of para-hydroxylation sites is 3. The van der Waals surface area contributed by atoms with Crippen LogP contribution in [0.4, 0.5) is 17.1 Å². The summed E-state index contributed by atoms with van der Waals surface area (Å²) in [7, 11) is 4.05. The molecular weight excluding hydrogens is 212 g/mol. The van der Waals surface area contributed by atoms with Gasteiger partial charge in [0.15, 0.2) is 11.5 Å². The van der Waals surface area contributed by atoms with Crippen LogP contribution >= 0.6 is 0 Å². The van der Waals surface area contributed by atoms with Gasteiger partial charge in [0.25, 0.3) is 0 Å². The molecule has 3 rings (SSSR count). The van der Waals surface area contributed by atoms with Gasteiger partial charge in [-0.2, -0.15) is 0 Å². The third-order valence-electron chi connectivity index (χ3n) is 2.85. The van der Waals surface area contributed by atoms with E-state index in [-0.39, 0.29) is 0 Å². The first-order chi connectivity index (χ1) is 8.25. The minimum absolute atomic E-state index is 0.870. The smallest absolute Gasteiger partial charge is 0.153 e. The molecule has 1 aliphatic rings. The molecule has 2 aromatic rings. The number of rotatable bonds is 1. The lowest BCUT2D eigenvalue weighted by atomic mass is 10.2. The fourth-order valence-electron chi connectivity index (χ4n) is 2.01. The van der Waals surface area contributed by atoms with Gasteiger partial charge in [-0.15, -0.1) is 0 Å². The second-order valence-electron chi connectivity index (χ2n) is 4.27. The van der Waals surface area contributed by atoms with Crippen LogP contribution in [0.25, 0.3) is 0 Å². The molecule has 0 spiro atoms. The van der Waals surface area contributed by atoms with Gasteiger partial charge in [-0.05, 0) is 24.3 Å². The standard InChI is InChI=1S/C14H14N2O/c1-16(2)11-7-5-9-13-14(11)15-10-6-3-4-8-12(10)17-13/h3-9,15H,1-2H3. The third kappa shape index (κ3) is 1.60. The summed E-state index contributed by atoms with van der Waals surface area (Å²) in [4.78, 5) is 2.07. The lowest BCUT2D eigenvalue weighted by Crippen LogP contribution is -2.13. The quantitative estimate of drug-likeness (QED) is 0.686. The monoisotopic (exact) mass is 226 g/mol. The highest BCUT2D eigenvalue weighted by molar-refractivity contribution is 5.85. The van der Waals surface area contributed by atoms with Crippen LogP contribution in [0, 0.1) is 0 Å². The SMILES string of the molecule is CN(C)c1cccc2c1Nc1ccccc1O2. The van der Waals surface area contributed by atoms with E-state index < -0.39 is 0 Å². The Balaban J connectivity index is 2.12. The van der Waals surface area contributed by atoms with E-state index in [1.807, 2.05) is 50.5 Å². The van der Waals surface area contributed by atoms with Crippen LogP contribution in [0.3, 0.4) is 0 Å². The third-order valence-corrected chi connectivity index (χ3v) is 2.85. The number of ether oxygens (including phenoxy) is 1. The molecule has 1 heterocycles. The Morgan fingerprint density at radius 1 is 0.941 bits per heavy atom. The van der Waals surface area contributed by atoms with Gasteiger partial charge < -0.3 is 15.0 Å². The molecule has 0 amide bonds. The largest absolute Gasteiger partial charge is 0.453 e. The number of fused-ring (bicyclic) bond motifs is 2. The summed E-state index contributed by atoms with van der Waals surface area (Å²) >= 11 is 0. The van der Waals surface area contributed by atoms with Gasteiger partial charge >= 0.3 is 0 Å². The Morgan fingerprint density at radius 2 is 1.71 bits per heavy atom. The number of hydrogen-bond acceptors (Lipinski definition) is 3. The Hall–Kier alpha value is -2.16. The van der Waals surface area contributed by atoms with Gasteiger partial charge in [-0.3, -0.25) is 0 Å². The Kier molecular flexibility index (Phi) is 2.18. The Bertz CT molecular complexity index is 564. The first-order valence-electron chi connectivity index (χ1n) is 5.60. The van der Waals surface area contributed by atoms with Crippen molar-refractivity contribution in [2.24, 2.45) is 0 Å². The molecule has 3 heteroatoms. The molecule has 1 N–H and O–H groups in total. The zero-order valence-corrected chi connectivity index (χ0v) is 9.90. The molecule has 0 fully saturated rings. The van der Waals surface area contributed by atoms with E-state index in [2.05, 4.69) is 16.3 Å². The number of nitrogens with one attached hydrogen (secondary N) is 1. The van der Waals surface area contributed by atoms with Gasteiger partial charge in [0.1, 0.15) is 5.69 Å². The first-order valence-corrected chi connectivity index (χ1v) is 5.60. The zero-order chi connectivity index (χ0) is 11.8. The number of nitrogens with zero attached hydrogens (tertiary/aromatic N) is 1.